The lowest BCUT2D eigenvalue weighted by atomic mass is 10.2. The summed E-state index contributed by atoms with van der Waals surface area (Å²) in [4.78, 5) is 13.2. The maximum absolute atomic E-state index is 10.7. The van der Waals surface area contributed by atoms with Crippen molar-refractivity contribution in [3.8, 4) is 0 Å². The molecule has 2 saturated heterocycles. The Morgan fingerprint density at radius 3 is 3.25 bits per heavy atom. The number of carbonyl (C=O) groups is 1. The molecule has 0 saturated carbocycles. The van der Waals surface area contributed by atoms with E-state index in [9.17, 15) is 4.79 Å². The van der Waals surface area contributed by atoms with E-state index in [4.69, 9.17) is 14.3 Å². The molecule has 2 fully saturated rings. The van der Waals surface area contributed by atoms with Crippen LogP contribution in [-0.4, -0.2) is 54.4 Å². The van der Waals surface area contributed by atoms with Crippen molar-refractivity contribution < 1.29 is 19.1 Å². The Morgan fingerprint density at radius 1 is 1.55 bits per heavy atom. The summed E-state index contributed by atoms with van der Waals surface area (Å²) in [5.74, 6) is -0.326. The highest BCUT2D eigenvalue weighted by Crippen LogP contribution is 2.22. The predicted octanol–water partition coefficient (Wildman–Crippen LogP) is 0.931. The molecule has 2 aliphatic heterocycles. The van der Waals surface area contributed by atoms with Crippen LogP contribution < -0.4 is 5.32 Å². The van der Waals surface area contributed by atoms with Gasteiger partial charge in [-0.25, -0.2) is 4.79 Å². The summed E-state index contributed by atoms with van der Waals surface area (Å²) in [5.41, 5.74) is 0.190. The van der Waals surface area contributed by atoms with Gasteiger partial charge in [0.1, 0.15) is 12.0 Å². The van der Waals surface area contributed by atoms with Crippen molar-refractivity contribution in [1.29, 1.82) is 0 Å². The molecule has 2 unspecified atom stereocenters. The average molecular weight is 280 g/mol. The zero-order chi connectivity index (χ0) is 13.9. The number of fused-ring (bicyclic) bond motifs is 1. The summed E-state index contributed by atoms with van der Waals surface area (Å²) in [6.45, 7) is 4.28. The maximum Gasteiger partial charge on any atom is 0.338 e. The number of hydrogen-bond donors (Lipinski definition) is 2. The standard InChI is InChI=1S/C14H20N2O4/c17-14(18)10-4-12(19-8-10)5-15-6-13-7-16-3-1-2-11(16)9-20-13/h4,8,11,13,15H,1-3,5-7,9H2,(H,17,18). The molecule has 0 aliphatic carbocycles. The molecule has 6 nitrogen and oxygen atoms in total. The zero-order valence-electron chi connectivity index (χ0n) is 11.4. The van der Waals surface area contributed by atoms with Crippen molar-refractivity contribution >= 4 is 5.97 Å². The van der Waals surface area contributed by atoms with Crippen LogP contribution in [0.5, 0.6) is 0 Å². The van der Waals surface area contributed by atoms with Gasteiger partial charge < -0.3 is 19.6 Å². The van der Waals surface area contributed by atoms with Crippen LogP contribution >= 0.6 is 0 Å². The highest BCUT2D eigenvalue weighted by atomic mass is 16.5. The highest BCUT2D eigenvalue weighted by Gasteiger charge is 2.31. The lowest BCUT2D eigenvalue weighted by molar-refractivity contribution is -0.0471. The van der Waals surface area contributed by atoms with Gasteiger partial charge in [-0.1, -0.05) is 0 Å². The average Bonchev–Trinajstić information content (AvgIpc) is 3.06. The number of furan rings is 1. The number of carboxylic acid groups (broad SMARTS) is 1. The van der Waals surface area contributed by atoms with Crippen LogP contribution in [0.15, 0.2) is 16.7 Å². The minimum Gasteiger partial charge on any atom is -0.478 e. The van der Waals surface area contributed by atoms with E-state index >= 15 is 0 Å². The van der Waals surface area contributed by atoms with Gasteiger partial charge in [0.2, 0.25) is 0 Å². The van der Waals surface area contributed by atoms with Gasteiger partial charge in [-0.05, 0) is 25.5 Å². The molecule has 1 aromatic rings. The first-order valence-electron chi connectivity index (χ1n) is 7.09. The summed E-state index contributed by atoms with van der Waals surface area (Å²) in [7, 11) is 0. The third kappa shape index (κ3) is 3.03. The second-order valence-corrected chi connectivity index (χ2v) is 5.48. The number of aromatic carboxylic acids is 1. The number of morpholine rings is 1. The third-order valence-corrected chi connectivity index (χ3v) is 4.03. The predicted molar refractivity (Wildman–Crippen MR) is 71.7 cm³/mol. The highest BCUT2D eigenvalue weighted by molar-refractivity contribution is 5.87. The summed E-state index contributed by atoms with van der Waals surface area (Å²) >= 11 is 0. The molecule has 110 valence electrons. The van der Waals surface area contributed by atoms with E-state index in [2.05, 4.69) is 10.2 Å². The Bertz CT molecular complexity index is 473. The van der Waals surface area contributed by atoms with Gasteiger partial charge in [-0.2, -0.15) is 0 Å². The molecule has 6 heteroatoms. The van der Waals surface area contributed by atoms with Crippen LogP contribution in [0.25, 0.3) is 0 Å². The molecular formula is C14H20N2O4. The maximum atomic E-state index is 10.7. The van der Waals surface area contributed by atoms with Crippen LogP contribution in [0.3, 0.4) is 0 Å². The van der Waals surface area contributed by atoms with E-state index in [1.165, 1.54) is 25.6 Å². The zero-order valence-corrected chi connectivity index (χ0v) is 11.4. The van der Waals surface area contributed by atoms with E-state index in [0.29, 0.717) is 18.3 Å². The molecule has 0 bridgehead atoms. The van der Waals surface area contributed by atoms with E-state index in [1.54, 1.807) is 6.07 Å². The second kappa shape index (κ2) is 5.95. The van der Waals surface area contributed by atoms with Gasteiger partial charge in [0, 0.05) is 19.1 Å². The third-order valence-electron chi connectivity index (χ3n) is 4.03. The van der Waals surface area contributed by atoms with Crippen molar-refractivity contribution in [2.24, 2.45) is 0 Å². The first kappa shape index (κ1) is 13.6. The molecule has 0 aromatic carbocycles. The Labute approximate surface area is 117 Å². The van der Waals surface area contributed by atoms with Crippen LogP contribution in [0.2, 0.25) is 0 Å². The Morgan fingerprint density at radius 2 is 2.45 bits per heavy atom. The number of hydrogen-bond acceptors (Lipinski definition) is 5. The first-order chi connectivity index (χ1) is 9.72. The van der Waals surface area contributed by atoms with E-state index in [-0.39, 0.29) is 11.7 Å². The van der Waals surface area contributed by atoms with Gasteiger partial charge in [-0.15, -0.1) is 0 Å². The lowest BCUT2D eigenvalue weighted by Gasteiger charge is -2.35. The number of nitrogens with one attached hydrogen (secondary N) is 1. The topological polar surface area (TPSA) is 74.9 Å². The molecule has 2 N–H and O–H groups in total. The van der Waals surface area contributed by atoms with Crippen LogP contribution in [0.1, 0.15) is 29.0 Å². The lowest BCUT2D eigenvalue weighted by Crippen LogP contribution is -2.49. The first-order valence-corrected chi connectivity index (χ1v) is 7.09. The monoisotopic (exact) mass is 280 g/mol. The minimum atomic E-state index is -0.962. The summed E-state index contributed by atoms with van der Waals surface area (Å²) in [5, 5.41) is 12.1. The van der Waals surface area contributed by atoms with Crippen LogP contribution in [-0.2, 0) is 11.3 Å². The molecule has 3 rings (SSSR count). The molecule has 2 atom stereocenters. The normalized spacial score (nSPS) is 26.6. The number of ether oxygens (including phenoxy) is 1. The van der Waals surface area contributed by atoms with Gasteiger partial charge in [0.15, 0.2) is 0 Å². The number of rotatable bonds is 5. The number of nitrogens with zero attached hydrogens (tertiary/aromatic N) is 1. The Balaban J connectivity index is 1.42. The largest absolute Gasteiger partial charge is 0.478 e. The number of carboxylic acids is 1. The van der Waals surface area contributed by atoms with Gasteiger partial charge in [0.05, 0.1) is 24.8 Å². The van der Waals surface area contributed by atoms with Crippen molar-refractivity contribution in [3.05, 3.63) is 23.7 Å². The molecule has 2 aliphatic rings. The van der Waals surface area contributed by atoms with Gasteiger partial charge in [-0.3, -0.25) is 4.90 Å². The molecule has 20 heavy (non-hydrogen) atoms. The van der Waals surface area contributed by atoms with E-state index < -0.39 is 5.97 Å². The molecule has 0 radical (unpaired) electrons. The van der Waals surface area contributed by atoms with Crippen LogP contribution in [0.4, 0.5) is 0 Å². The summed E-state index contributed by atoms with van der Waals surface area (Å²) < 4.78 is 11.0. The van der Waals surface area contributed by atoms with Crippen LogP contribution in [0, 0.1) is 0 Å². The SMILES string of the molecule is O=C(O)c1coc(CNCC2CN3CCCC3CO2)c1. The van der Waals surface area contributed by atoms with Crippen molar-refractivity contribution in [1.82, 2.24) is 10.2 Å². The van der Waals surface area contributed by atoms with E-state index in [1.807, 2.05) is 0 Å². The Hall–Kier alpha value is -1.37. The summed E-state index contributed by atoms with van der Waals surface area (Å²) in [6, 6.07) is 2.17. The fourth-order valence-electron chi connectivity index (χ4n) is 2.95. The second-order valence-electron chi connectivity index (χ2n) is 5.48. The fourth-order valence-corrected chi connectivity index (χ4v) is 2.95. The quantitative estimate of drug-likeness (QED) is 0.836. The fraction of sp³-hybridized carbons (Fsp3) is 0.643. The van der Waals surface area contributed by atoms with E-state index in [0.717, 1.165) is 19.7 Å². The van der Waals surface area contributed by atoms with Gasteiger partial charge >= 0.3 is 5.97 Å². The van der Waals surface area contributed by atoms with Crippen molar-refractivity contribution in [3.63, 3.8) is 0 Å². The molecule has 3 heterocycles. The molecule has 0 spiro atoms. The Kier molecular flexibility index (Phi) is 4.05. The smallest absolute Gasteiger partial charge is 0.338 e. The van der Waals surface area contributed by atoms with Crippen molar-refractivity contribution in [2.75, 3.05) is 26.2 Å². The molecule has 0 amide bonds. The molecular weight excluding hydrogens is 260 g/mol. The molecule has 1 aromatic heterocycles. The summed E-state index contributed by atoms with van der Waals surface area (Å²) in [6.07, 6.45) is 4.01. The van der Waals surface area contributed by atoms with Crippen molar-refractivity contribution in [2.45, 2.75) is 31.5 Å². The minimum absolute atomic E-state index is 0.190. The van der Waals surface area contributed by atoms with Gasteiger partial charge in [0.25, 0.3) is 0 Å².